The molecule has 0 aliphatic carbocycles. The third-order valence-electron chi connectivity index (χ3n) is 2.55. The Bertz CT molecular complexity index is 482. The van der Waals surface area contributed by atoms with Crippen LogP contribution in [0.5, 0.6) is 0 Å². The first kappa shape index (κ1) is 17.9. The van der Waals surface area contributed by atoms with Gasteiger partial charge in [0.1, 0.15) is 0 Å². The Hall–Kier alpha value is -2.08. The molecule has 106 valence electrons. The summed E-state index contributed by atoms with van der Waals surface area (Å²) in [6, 6.07) is 10.2. The van der Waals surface area contributed by atoms with E-state index in [2.05, 4.69) is 36.9 Å². The van der Waals surface area contributed by atoms with Gasteiger partial charge < -0.3 is 0 Å². The molecule has 0 aliphatic rings. The molecule has 0 aromatic heterocycles. The molecule has 0 atom stereocenters. The monoisotopic (exact) mass is 266 g/mol. The van der Waals surface area contributed by atoms with Gasteiger partial charge in [0.2, 0.25) is 0 Å². The summed E-state index contributed by atoms with van der Waals surface area (Å²) in [5, 5.41) is 0. The van der Waals surface area contributed by atoms with E-state index in [-0.39, 0.29) is 0 Å². The molecule has 0 saturated heterocycles. The van der Waals surface area contributed by atoms with Crippen LogP contribution in [0.3, 0.4) is 0 Å². The molecule has 1 aromatic rings. The van der Waals surface area contributed by atoms with Crippen molar-refractivity contribution in [3.63, 3.8) is 0 Å². The van der Waals surface area contributed by atoms with Gasteiger partial charge in [-0.05, 0) is 30.6 Å². The molecular weight excluding hydrogens is 240 g/mol. The predicted molar refractivity (Wildman–Crippen MR) is 93.7 cm³/mol. The number of hydrogen-bond donors (Lipinski definition) is 0. The molecule has 0 amide bonds. The van der Waals surface area contributed by atoms with Crippen molar-refractivity contribution in [2.45, 2.75) is 27.7 Å². The first-order valence-corrected chi connectivity index (χ1v) is 7.16. The lowest BCUT2D eigenvalue weighted by molar-refractivity contribution is 1.50. The van der Waals surface area contributed by atoms with Crippen molar-refractivity contribution in [3.8, 4) is 0 Å². The Morgan fingerprint density at radius 3 is 2.10 bits per heavy atom. The zero-order valence-electron chi connectivity index (χ0n) is 13.1. The molecule has 1 rings (SSSR count). The van der Waals surface area contributed by atoms with Crippen LogP contribution in [0, 0.1) is 0 Å². The van der Waals surface area contributed by atoms with Crippen LogP contribution < -0.4 is 0 Å². The van der Waals surface area contributed by atoms with Crippen LogP contribution in [0.25, 0.3) is 5.57 Å². The van der Waals surface area contributed by atoms with Crippen molar-refractivity contribution in [2.24, 2.45) is 0 Å². The van der Waals surface area contributed by atoms with Crippen LogP contribution in [0.15, 0.2) is 85.0 Å². The van der Waals surface area contributed by atoms with Crippen molar-refractivity contribution in [1.82, 2.24) is 0 Å². The molecule has 0 nitrogen and oxygen atoms in total. The average molecular weight is 266 g/mol. The van der Waals surface area contributed by atoms with Crippen molar-refractivity contribution in [3.05, 3.63) is 90.6 Å². The molecule has 0 heterocycles. The Balaban J connectivity index is 0.00000172. The number of rotatable bonds is 5. The topological polar surface area (TPSA) is 0 Å². The van der Waals surface area contributed by atoms with Gasteiger partial charge in [-0.2, -0.15) is 0 Å². The van der Waals surface area contributed by atoms with Crippen LogP contribution >= 0.6 is 0 Å². The van der Waals surface area contributed by atoms with Crippen molar-refractivity contribution >= 4 is 5.57 Å². The highest BCUT2D eigenvalue weighted by atomic mass is 14.0. The van der Waals surface area contributed by atoms with E-state index in [4.69, 9.17) is 0 Å². The zero-order chi connectivity index (χ0) is 15.2. The summed E-state index contributed by atoms with van der Waals surface area (Å²) in [7, 11) is 0. The summed E-state index contributed by atoms with van der Waals surface area (Å²) in [6.07, 6.45) is 14.3. The molecule has 0 unspecified atom stereocenters. The lowest BCUT2D eigenvalue weighted by Crippen LogP contribution is -1.78. The van der Waals surface area contributed by atoms with Gasteiger partial charge in [-0.15, -0.1) is 0 Å². The maximum Gasteiger partial charge on any atom is -0.0190 e. The van der Waals surface area contributed by atoms with Crippen LogP contribution in [0.4, 0.5) is 0 Å². The molecule has 0 spiro atoms. The van der Waals surface area contributed by atoms with Gasteiger partial charge >= 0.3 is 0 Å². The maximum atomic E-state index is 4.08. The maximum absolute atomic E-state index is 4.08. The van der Waals surface area contributed by atoms with Gasteiger partial charge in [-0.1, -0.05) is 93.3 Å². The number of benzene rings is 1. The summed E-state index contributed by atoms with van der Waals surface area (Å²) in [4.78, 5) is 0. The van der Waals surface area contributed by atoms with E-state index >= 15 is 0 Å². The summed E-state index contributed by atoms with van der Waals surface area (Å²) in [5.74, 6) is 0. The fourth-order valence-electron chi connectivity index (χ4n) is 1.47. The van der Waals surface area contributed by atoms with E-state index in [1.165, 1.54) is 5.57 Å². The Labute approximate surface area is 124 Å². The summed E-state index contributed by atoms with van der Waals surface area (Å²) < 4.78 is 0. The van der Waals surface area contributed by atoms with Gasteiger partial charge in [0.05, 0.1) is 0 Å². The van der Waals surface area contributed by atoms with E-state index in [1.807, 2.05) is 70.2 Å². The van der Waals surface area contributed by atoms with Gasteiger partial charge in [0, 0.05) is 0 Å². The summed E-state index contributed by atoms with van der Waals surface area (Å²) >= 11 is 0. The van der Waals surface area contributed by atoms with Crippen molar-refractivity contribution in [1.29, 1.82) is 0 Å². The molecule has 1 aromatic carbocycles. The van der Waals surface area contributed by atoms with Gasteiger partial charge in [0.15, 0.2) is 0 Å². The van der Waals surface area contributed by atoms with Gasteiger partial charge in [-0.3, -0.25) is 0 Å². The second-order valence-electron chi connectivity index (χ2n) is 3.90. The molecule has 0 aliphatic heterocycles. The predicted octanol–water partition coefficient (Wildman–Crippen LogP) is 6.36. The molecule has 0 bridgehead atoms. The normalized spacial score (nSPS) is 11.9. The minimum atomic E-state index is 1.02. The first-order valence-electron chi connectivity index (χ1n) is 7.16. The van der Waals surface area contributed by atoms with E-state index in [9.17, 15) is 0 Å². The third kappa shape index (κ3) is 7.38. The average Bonchev–Trinajstić information content (AvgIpc) is 2.53. The summed E-state index contributed by atoms with van der Waals surface area (Å²) in [5.41, 5.74) is 3.35. The molecule has 0 saturated carbocycles. The first-order chi connectivity index (χ1) is 9.77. The molecular formula is C20H26. The minimum absolute atomic E-state index is 1.02. The Kier molecular flexibility index (Phi) is 10.7. The van der Waals surface area contributed by atoms with E-state index in [1.54, 1.807) is 0 Å². The van der Waals surface area contributed by atoms with Crippen LogP contribution in [-0.2, 0) is 0 Å². The SMILES string of the molecule is C=C(/C=C/C(/C=C\C=C/C)=C/C)c1ccccc1.CC. The molecule has 20 heavy (non-hydrogen) atoms. The third-order valence-corrected chi connectivity index (χ3v) is 2.55. The van der Waals surface area contributed by atoms with E-state index in [0.717, 1.165) is 11.1 Å². The van der Waals surface area contributed by atoms with Gasteiger partial charge in [0.25, 0.3) is 0 Å². The quantitative estimate of drug-likeness (QED) is 0.544. The lowest BCUT2D eigenvalue weighted by Gasteiger charge is -1.99. The van der Waals surface area contributed by atoms with Gasteiger partial charge in [-0.25, -0.2) is 0 Å². The molecule has 0 heteroatoms. The summed E-state index contributed by atoms with van der Waals surface area (Å²) in [6.45, 7) is 12.1. The Morgan fingerprint density at radius 2 is 1.55 bits per heavy atom. The fourth-order valence-corrected chi connectivity index (χ4v) is 1.47. The smallest absolute Gasteiger partial charge is 0.0190 e. The van der Waals surface area contributed by atoms with E-state index in [0.29, 0.717) is 0 Å². The Morgan fingerprint density at radius 1 is 0.900 bits per heavy atom. The largest absolute Gasteiger partial charge is 0.0912 e. The van der Waals surface area contributed by atoms with Crippen LogP contribution in [-0.4, -0.2) is 0 Å². The second-order valence-corrected chi connectivity index (χ2v) is 3.90. The lowest BCUT2D eigenvalue weighted by atomic mass is 10.1. The number of allylic oxidation sites excluding steroid dienone is 9. The number of hydrogen-bond acceptors (Lipinski definition) is 0. The highest BCUT2D eigenvalue weighted by Crippen LogP contribution is 2.14. The van der Waals surface area contributed by atoms with Crippen LogP contribution in [0.1, 0.15) is 33.3 Å². The van der Waals surface area contributed by atoms with E-state index < -0.39 is 0 Å². The molecule has 0 N–H and O–H groups in total. The fraction of sp³-hybridized carbons (Fsp3) is 0.200. The van der Waals surface area contributed by atoms with Crippen molar-refractivity contribution < 1.29 is 0 Å². The van der Waals surface area contributed by atoms with Crippen LogP contribution in [0.2, 0.25) is 0 Å². The highest BCUT2D eigenvalue weighted by molar-refractivity contribution is 5.72. The van der Waals surface area contributed by atoms with Crippen molar-refractivity contribution in [2.75, 3.05) is 0 Å². The molecule has 0 fully saturated rings. The second kappa shape index (κ2) is 12.0. The minimum Gasteiger partial charge on any atom is -0.0912 e. The highest BCUT2D eigenvalue weighted by Gasteiger charge is 1.92. The standard InChI is InChI=1S/C18H20.C2H6/c1-4-6-8-11-17(5-2)15-14-16(3)18-12-9-7-10-13-18;1-2/h4-15H,3H2,1-2H3;1-2H3/b6-4-,11-8-,15-14+,17-5+;. The molecule has 0 radical (unpaired) electrons. The zero-order valence-corrected chi connectivity index (χ0v) is 13.1.